The van der Waals surface area contributed by atoms with E-state index in [-0.39, 0.29) is 5.91 Å². The predicted octanol–water partition coefficient (Wildman–Crippen LogP) is 3.31. The van der Waals surface area contributed by atoms with Gasteiger partial charge in [0.1, 0.15) is 0 Å². The molecule has 0 aliphatic rings. The molecule has 0 unspecified atom stereocenters. The Balaban J connectivity index is 2.04. The SMILES string of the molecule is CCN(CC)C(=O)CSc1nnc(-c2cc(C)cc(C)c2)o1. The first-order chi connectivity index (χ1) is 10.5. The molecule has 22 heavy (non-hydrogen) atoms. The average molecular weight is 319 g/mol. The van der Waals surface area contributed by atoms with Gasteiger partial charge in [0.2, 0.25) is 11.8 Å². The molecule has 1 aromatic heterocycles. The number of rotatable bonds is 6. The van der Waals surface area contributed by atoms with Crippen LogP contribution in [0.15, 0.2) is 27.8 Å². The second kappa shape index (κ2) is 7.45. The Morgan fingerprint density at radius 2 is 1.77 bits per heavy atom. The van der Waals surface area contributed by atoms with E-state index in [0.29, 0.717) is 30.0 Å². The molecule has 2 rings (SSSR count). The average Bonchev–Trinajstić information content (AvgIpc) is 2.94. The van der Waals surface area contributed by atoms with E-state index in [4.69, 9.17) is 4.42 Å². The quantitative estimate of drug-likeness (QED) is 0.765. The van der Waals surface area contributed by atoms with E-state index in [0.717, 1.165) is 16.7 Å². The highest BCUT2D eigenvalue weighted by molar-refractivity contribution is 7.99. The molecule has 2 aromatic rings. The minimum atomic E-state index is 0.0844. The third kappa shape index (κ3) is 4.10. The van der Waals surface area contributed by atoms with Crippen molar-refractivity contribution in [3.8, 4) is 11.5 Å². The zero-order chi connectivity index (χ0) is 16.1. The molecule has 1 aromatic carbocycles. The number of carbonyl (C=O) groups excluding carboxylic acids is 1. The van der Waals surface area contributed by atoms with E-state index in [2.05, 4.69) is 16.3 Å². The lowest BCUT2D eigenvalue weighted by Gasteiger charge is -2.17. The summed E-state index contributed by atoms with van der Waals surface area (Å²) in [5.74, 6) is 0.890. The van der Waals surface area contributed by atoms with Crippen LogP contribution in [0.3, 0.4) is 0 Å². The number of hydrogen-bond donors (Lipinski definition) is 0. The second-order valence-electron chi connectivity index (χ2n) is 5.10. The maximum absolute atomic E-state index is 12.0. The molecule has 5 nitrogen and oxygen atoms in total. The van der Waals surface area contributed by atoms with Gasteiger partial charge >= 0.3 is 0 Å². The van der Waals surface area contributed by atoms with Crippen molar-refractivity contribution in [1.29, 1.82) is 0 Å². The molecule has 0 aliphatic heterocycles. The summed E-state index contributed by atoms with van der Waals surface area (Å²) in [4.78, 5) is 13.7. The first-order valence-corrected chi connectivity index (χ1v) is 8.34. The summed E-state index contributed by atoms with van der Waals surface area (Å²) in [5.41, 5.74) is 3.21. The van der Waals surface area contributed by atoms with Gasteiger partial charge in [-0.25, -0.2) is 0 Å². The fourth-order valence-corrected chi connectivity index (χ4v) is 2.94. The molecule has 0 saturated heterocycles. The fraction of sp³-hybridized carbons (Fsp3) is 0.438. The van der Waals surface area contributed by atoms with Crippen LogP contribution < -0.4 is 0 Å². The molecule has 1 heterocycles. The van der Waals surface area contributed by atoms with Gasteiger partial charge in [-0.05, 0) is 39.8 Å². The summed E-state index contributed by atoms with van der Waals surface area (Å²) in [6.45, 7) is 9.44. The first kappa shape index (κ1) is 16.5. The molecule has 0 aliphatic carbocycles. The van der Waals surface area contributed by atoms with E-state index >= 15 is 0 Å². The number of benzene rings is 1. The Hall–Kier alpha value is -1.82. The van der Waals surface area contributed by atoms with E-state index < -0.39 is 0 Å². The second-order valence-corrected chi connectivity index (χ2v) is 6.03. The van der Waals surface area contributed by atoms with Crippen molar-refractivity contribution in [2.75, 3.05) is 18.8 Å². The number of thioether (sulfide) groups is 1. The monoisotopic (exact) mass is 319 g/mol. The molecule has 6 heteroatoms. The molecule has 0 spiro atoms. The summed E-state index contributed by atoms with van der Waals surface area (Å²) >= 11 is 1.28. The topological polar surface area (TPSA) is 59.2 Å². The van der Waals surface area contributed by atoms with Crippen molar-refractivity contribution < 1.29 is 9.21 Å². The summed E-state index contributed by atoms with van der Waals surface area (Å²) in [6, 6.07) is 6.12. The van der Waals surface area contributed by atoms with Crippen LogP contribution in [0.4, 0.5) is 0 Å². The number of carbonyl (C=O) groups is 1. The van der Waals surface area contributed by atoms with Gasteiger partial charge in [-0.3, -0.25) is 4.79 Å². The van der Waals surface area contributed by atoms with E-state index in [1.54, 1.807) is 4.90 Å². The minimum Gasteiger partial charge on any atom is -0.411 e. The zero-order valence-corrected chi connectivity index (χ0v) is 14.2. The van der Waals surface area contributed by atoms with Crippen molar-refractivity contribution in [3.05, 3.63) is 29.3 Å². The van der Waals surface area contributed by atoms with Crippen molar-refractivity contribution >= 4 is 17.7 Å². The highest BCUT2D eigenvalue weighted by Gasteiger charge is 2.14. The van der Waals surface area contributed by atoms with Gasteiger partial charge in [0.15, 0.2) is 0 Å². The zero-order valence-electron chi connectivity index (χ0n) is 13.4. The molecular weight excluding hydrogens is 298 g/mol. The van der Waals surface area contributed by atoms with E-state index in [1.807, 2.05) is 39.8 Å². The summed E-state index contributed by atoms with van der Waals surface area (Å²) in [7, 11) is 0. The number of aryl methyl sites for hydroxylation is 2. The lowest BCUT2D eigenvalue weighted by atomic mass is 10.1. The third-order valence-corrected chi connectivity index (χ3v) is 4.11. The summed E-state index contributed by atoms with van der Waals surface area (Å²) in [6.07, 6.45) is 0. The fourth-order valence-electron chi connectivity index (χ4n) is 2.27. The van der Waals surface area contributed by atoms with Gasteiger partial charge in [-0.2, -0.15) is 0 Å². The molecule has 0 N–H and O–H groups in total. The minimum absolute atomic E-state index is 0.0844. The Morgan fingerprint density at radius 1 is 1.14 bits per heavy atom. The molecule has 1 amide bonds. The highest BCUT2D eigenvalue weighted by Crippen LogP contribution is 2.25. The van der Waals surface area contributed by atoms with Crippen molar-refractivity contribution in [1.82, 2.24) is 15.1 Å². The van der Waals surface area contributed by atoms with E-state index in [1.165, 1.54) is 11.8 Å². The highest BCUT2D eigenvalue weighted by atomic mass is 32.2. The molecule has 0 fully saturated rings. The Bertz CT molecular complexity index is 630. The van der Waals surface area contributed by atoms with Crippen LogP contribution in [0.1, 0.15) is 25.0 Å². The summed E-state index contributed by atoms with van der Waals surface area (Å²) in [5, 5.41) is 8.51. The van der Waals surface area contributed by atoms with Gasteiger partial charge in [-0.1, -0.05) is 29.0 Å². The maximum atomic E-state index is 12.0. The first-order valence-electron chi connectivity index (χ1n) is 7.36. The van der Waals surface area contributed by atoms with Gasteiger partial charge in [-0.15, -0.1) is 10.2 Å². The van der Waals surface area contributed by atoms with Crippen molar-refractivity contribution in [2.45, 2.75) is 32.9 Å². The Kier molecular flexibility index (Phi) is 5.60. The molecule has 0 bridgehead atoms. The van der Waals surface area contributed by atoms with Crippen LogP contribution in [0.5, 0.6) is 0 Å². The molecule has 0 radical (unpaired) electrons. The van der Waals surface area contributed by atoms with Crippen molar-refractivity contribution in [3.63, 3.8) is 0 Å². The van der Waals surface area contributed by atoms with Crippen molar-refractivity contribution in [2.24, 2.45) is 0 Å². The lowest BCUT2D eigenvalue weighted by molar-refractivity contribution is -0.127. The van der Waals surface area contributed by atoms with Gasteiger partial charge in [0.25, 0.3) is 5.22 Å². The molecule has 0 saturated carbocycles. The summed E-state index contributed by atoms with van der Waals surface area (Å²) < 4.78 is 5.65. The normalized spacial score (nSPS) is 10.7. The van der Waals surface area contributed by atoms with Gasteiger partial charge in [0, 0.05) is 18.7 Å². The van der Waals surface area contributed by atoms with Crippen LogP contribution in [0.25, 0.3) is 11.5 Å². The number of nitrogens with zero attached hydrogens (tertiary/aromatic N) is 3. The largest absolute Gasteiger partial charge is 0.411 e. The molecule has 0 atom stereocenters. The number of hydrogen-bond acceptors (Lipinski definition) is 5. The Labute approximate surface area is 135 Å². The Morgan fingerprint density at radius 3 is 2.36 bits per heavy atom. The van der Waals surface area contributed by atoms with Crippen LogP contribution in [-0.4, -0.2) is 39.8 Å². The maximum Gasteiger partial charge on any atom is 0.277 e. The van der Waals surface area contributed by atoms with Crippen LogP contribution in [0, 0.1) is 13.8 Å². The van der Waals surface area contributed by atoms with Gasteiger partial charge < -0.3 is 9.32 Å². The smallest absolute Gasteiger partial charge is 0.277 e. The van der Waals surface area contributed by atoms with Crippen LogP contribution in [-0.2, 0) is 4.79 Å². The van der Waals surface area contributed by atoms with Crippen LogP contribution >= 0.6 is 11.8 Å². The molecular formula is C16H21N3O2S. The number of aromatic nitrogens is 2. The molecule has 118 valence electrons. The van der Waals surface area contributed by atoms with Crippen LogP contribution in [0.2, 0.25) is 0 Å². The van der Waals surface area contributed by atoms with Gasteiger partial charge in [0.05, 0.1) is 5.75 Å². The third-order valence-electron chi connectivity index (χ3n) is 3.31. The predicted molar refractivity (Wildman–Crippen MR) is 87.9 cm³/mol. The number of amides is 1. The lowest BCUT2D eigenvalue weighted by Crippen LogP contribution is -2.31. The van der Waals surface area contributed by atoms with E-state index in [9.17, 15) is 4.79 Å². The standard InChI is InChI=1S/C16H21N3O2S/c1-5-19(6-2)14(20)10-22-16-18-17-15(21-16)13-8-11(3)7-12(4)9-13/h7-9H,5-6,10H2,1-4H3.